The number of carbonyl (C=O) groups excluding carboxylic acids is 1. The summed E-state index contributed by atoms with van der Waals surface area (Å²) in [7, 11) is 0. The standard InChI is InChI=1S/C15H17F3N2O2/c16-15(17,18)9-22-12-3-1-11(2-4-12)20-6-5-10-7-19-8-13(10)14(20)21/h1-4,10,13,19H,5-9H2. The Balaban J connectivity index is 1.66. The predicted molar refractivity (Wildman–Crippen MR) is 74.8 cm³/mol. The number of hydrogen-bond donors (Lipinski definition) is 1. The van der Waals surface area contributed by atoms with Gasteiger partial charge in [-0.1, -0.05) is 0 Å². The molecule has 22 heavy (non-hydrogen) atoms. The molecule has 2 saturated heterocycles. The van der Waals surface area contributed by atoms with Crippen LogP contribution in [0.15, 0.2) is 24.3 Å². The number of halogens is 3. The number of anilines is 1. The third kappa shape index (κ3) is 3.19. The minimum atomic E-state index is -4.36. The molecule has 4 nitrogen and oxygen atoms in total. The van der Waals surface area contributed by atoms with Crippen LogP contribution in [-0.4, -0.2) is 38.3 Å². The Kier molecular flexibility index (Phi) is 3.99. The predicted octanol–water partition coefficient (Wildman–Crippen LogP) is 2.20. The highest BCUT2D eigenvalue weighted by Gasteiger charge is 2.39. The van der Waals surface area contributed by atoms with Gasteiger partial charge in [0.15, 0.2) is 6.61 Å². The first-order valence-corrected chi connectivity index (χ1v) is 7.26. The van der Waals surface area contributed by atoms with E-state index in [0.717, 1.165) is 13.0 Å². The minimum absolute atomic E-state index is 0.00917. The van der Waals surface area contributed by atoms with Gasteiger partial charge in [-0.15, -0.1) is 0 Å². The van der Waals surface area contributed by atoms with Gasteiger partial charge in [-0.2, -0.15) is 13.2 Å². The monoisotopic (exact) mass is 314 g/mol. The van der Waals surface area contributed by atoms with Crippen LogP contribution in [0.25, 0.3) is 0 Å². The Morgan fingerprint density at radius 1 is 1.23 bits per heavy atom. The summed E-state index contributed by atoms with van der Waals surface area (Å²) in [6.45, 7) is 0.913. The second-order valence-corrected chi connectivity index (χ2v) is 5.70. The average Bonchev–Trinajstić information content (AvgIpc) is 2.95. The van der Waals surface area contributed by atoms with Crippen LogP contribution in [0, 0.1) is 11.8 Å². The first-order chi connectivity index (χ1) is 10.4. The SMILES string of the molecule is O=C1C2CNCC2CCN1c1ccc(OCC(F)(F)F)cc1. The van der Waals surface area contributed by atoms with Gasteiger partial charge < -0.3 is 15.0 Å². The molecule has 2 unspecified atom stereocenters. The third-order valence-electron chi connectivity index (χ3n) is 4.20. The maximum Gasteiger partial charge on any atom is 0.422 e. The second kappa shape index (κ2) is 5.79. The fraction of sp³-hybridized carbons (Fsp3) is 0.533. The number of carbonyl (C=O) groups is 1. The van der Waals surface area contributed by atoms with E-state index in [1.165, 1.54) is 12.1 Å². The Bertz CT molecular complexity index is 545. The molecule has 2 aliphatic rings. The number of piperidine rings is 1. The minimum Gasteiger partial charge on any atom is -0.484 e. The summed E-state index contributed by atoms with van der Waals surface area (Å²) in [5.41, 5.74) is 0.703. The van der Waals surface area contributed by atoms with Gasteiger partial charge in [0, 0.05) is 18.8 Å². The molecule has 2 fully saturated rings. The maximum atomic E-state index is 12.5. The lowest BCUT2D eigenvalue weighted by Crippen LogP contribution is -2.45. The Morgan fingerprint density at radius 2 is 1.95 bits per heavy atom. The Morgan fingerprint density at radius 3 is 2.64 bits per heavy atom. The van der Waals surface area contributed by atoms with E-state index in [-0.39, 0.29) is 17.6 Å². The van der Waals surface area contributed by atoms with Crippen LogP contribution in [0.5, 0.6) is 5.75 Å². The smallest absolute Gasteiger partial charge is 0.422 e. The van der Waals surface area contributed by atoms with Crippen LogP contribution >= 0.6 is 0 Å². The van der Waals surface area contributed by atoms with Crippen molar-refractivity contribution in [2.45, 2.75) is 12.6 Å². The molecule has 0 aliphatic carbocycles. The Hall–Kier alpha value is -1.76. The van der Waals surface area contributed by atoms with Crippen LogP contribution in [0.4, 0.5) is 18.9 Å². The van der Waals surface area contributed by atoms with Crippen LogP contribution in [-0.2, 0) is 4.79 Å². The molecular formula is C15H17F3N2O2. The molecule has 0 radical (unpaired) electrons. The molecule has 0 saturated carbocycles. The summed E-state index contributed by atoms with van der Waals surface area (Å²) in [4.78, 5) is 14.2. The zero-order valence-corrected chi connectivity index (χ0v) is 11.9. The van der Waals surface area contributed by atoms with Crippen molar-refractivity contribution in [3.63, 3.8) is 0 Å². The van der Waals surface area contributed by atoms with E-state index in [1.807, 2.05) is 0 Å². The highest BCUT2D eigenvalue weighted by molar-refractivity contribution is 5.96. The number of nitrogens with zero attached hydrogens (tertiary/aromatic N) is 1. The van der Waals surface area contributed by atoms with Gasteiger partial charge in [0.1, 0.15) is 5.75 Å². The molecule has 3 rings (SSSR count). The van der Waals surface area contributed by atoms with Gasteiger partial charge in [0.05, 0.1) is 5.92 Å². The largest absolute Gasteiger partial charge is 0.484 e. The molecular weight excluding hydrogens is 297 g/mol. The van der Waals surface area contributed by atoms with Crippen LogP contribution in [0.1, 0.15) is 6.42 Å². The summed E-state index contributed by atoms with van der Waals surface area (Å²) in [5.74, 6) is 0.643. The van der Waals surface area contributed by atoms with Crippen LogP contribution < -0.4 is 15.0 Å². The van der Waals surface area contributed by atoms with Crippen molar-refractivity contribution in [2.75, 3.05) is 31.1 Å². The Labute approximate surface area is 126 Å². The van der Waals surface area contributed by atoms with Gasteiger partial charge in [-0.3, -0.25) is 4.79 Å². The lowest BCUT2D eigenvalue weighted by Gasteiger charge is -2.34. The number of rotatable bonds is 3. The summed E-state index contributed by atoms with van der Waals surface area (Å²) < 4.78 is 41.0. The topological polar surface area (TPSA) is 41.6 Å². The summed E-state index contributed by atoms with van der Waals surface area (Å²) in [6, 6.07) is 6.19. The fourth-order valence-corrected chi connectivity index (χ4v) is 3.07. The number of ether oxygens (including phenoxy) is 1. The van der Waals surface area contributed by atoms with Gasteiger partial charge in [0.25, 0.3) is 0 Å². The number of benzene rings is 1. The second-order valence-electron chi connectivity index (χ2n) is 5.70. The van der Waals surface area contributed by atoms with Crippen molar-refractivity contribution < 1.29 is 22.7 Å². The molecule has 120 valence electrons. The van der Waals surface area contributed by atoms with E-state index in [2.05, 4.69) is 10.1 Å². The molecule has 1 N–H and O–H groups in total. The lowest BCUT2D eigenvalue weighted by molar-refractivity contribution is -0.153. The maximum absolute atomic E-state index is 12.5. The zero-order chi connectivity index (χ0) is 15.7. The van der Waals surface area contributed by atoms with Crippen molar-refractivity contribution in [3.05, 3.63) is 24.3 Å². The molecule has 2 atom stereocenters. The van der Waals surface area contributed by atoms with E-state index in [9.17, 15) is 18.0 Å². The number of alkyl halides is 3. The van der Waals surface area contributed by atoms with E-state index < -0.39 is 12.8 Å². The van der Waals surface area contributed by atoms with Crippen molar-refractivity contribution in [1.29, 1.82) is 0 Å². The van der Waals surface area contributed by atoms with E-state index in [0.29, 0.717) is 24.7 Å². The van der Waals surface area contributed by atoms with Crippen molar-refractivity contribution >= 4 is 11.6 Å². The zero-order valence-electron chi connectivity index (χ0n) is 11.9. The molecule has 7 heteroatoms. The van der Waals surface area contributed by atoms with Crippen LogP contribution in [0.3, 0.4) is 0 Å². The summed E-state index contributed by atoms with van der Waals surface area (Å²) in [5, 5.41) is 3.23. The normalized spacial score (nSPS) is 25.2. The van der Waals surface area contributed by atoms with E-state index in [1.54, 1.807) is 17.0 Å². The molecule has 2 heterocycles. The highest BCUT2D eigenvalue weighted by Crippen LogP contribution is 2.31. The molecule has 2 aliphatic heterocycles. The van der Waals surface area contributed by atoms with E-state index >= 15 is 0 Å². The average molecular weight is 314 g/mol. The molecule has 0 aromatic heterocycles. The van der Waals surface area contributed by atoms with Gasteiger partial charge >= 0.3 is 6.18 Å². The van der Waals surface area contributed by atoms with Gasteiger partial charge in [0.2, 0.25) is 5.91 Å². The first-order valence-electron chi connectivity index (χ1n) is 7.26. The van der Waals surface area contributed by atoms with Gasteiger partial charge in [-0.05, 0) is 43.1 Å². The summed E-state index contributed by atoms with van der Waals surface area (Å²) >= 11 is 0. The number of fused-ring (bicyclic) bond motifs is 1. The quantitative estimate of drug-likeness (QED) is 0.930. The fourth-order valence-electron chi connectivity index (χ4n) is 3.07. The molecule has 0 spiro atoms. The molecule has 1 aromatic carbocycles. The number of hydrogen-bond acceptors (Lipinski definition) is 3. The highest BCUT2D eigenvalue weighted by atomic mass is 19.4. The number of amides is 1. The molecule has 1 aromatic rings. The third-order valence-corrected chi connectivity index (χ3v) is 4.20. The molecule has 0 bridgehead atoms. The first kappa shape index (κ1) is 15.1. The van der Waals surface area contributed by atoms with Crippen LogP contribution in [0.2, 0.25) is 0 Å². The molecule has 1 amide bonds. The van der Waals surface area contributed by atoms with Crippen molar-refractivity contribution in [3.8, 4) is 5.75 Å². The lowest BCUT2D eigenvalue weighted by atomic mass is 9.87. The van der Waals surface area contributed by atoms with Crippen molar-refractivity contribution in [1.82, 2.24) is 5.32 Å². The van der Waals surface area contributed by atoms with E-state index in [4.69, 9.17) is 0 Å². The van der Waals surface area contributed by atoms with Crippen molar-refractivity contribution in [2.24, 2.45) is 11.8 Å². The van der Waals surface area contributed by atoms with Gasteiger partial charge in [-0.25, -0.2) is 0 Å². The number of nitrogens with one attached hydrogen (secondary N) is 1. The summed E-state index contributed by atoms with van der Waals surface area (Å²) in [6.07, 6.45) is -3.41.